The highest BCUT2D eigenvalue weighted by molar-refractivity contribution is 7.89. The number of sulfonamides is 1. The molecule has 0 saturated carbocycles. The number of carbonyl (C=O) groups is 1. The van der Waals surface area contributed by atoms with Crippen LogP contribution in [0.15, 0.2) is 47.4 Å². The average molecular weight is 498 g/mol. The van der Waals surface area contributed by atoms with Gasteiger partial charge in [-0.05, 0) is 62.7 Å². The Kier molecular flexibility index (Phi) is 7.27. The zero-order chi connectivity index (χ0) is 22.7. The third-order valence-electron chi connectivity index (χ3n) is 5.71. The number of ether oxygens (including phenoxy) is 1. The van der Waals surface area contributed by atoms with Crippen LogP contribution in [0.25, 0.3) is 0 Å². The Labute approximate surface area is 198 Å². The monoisotopic (exact) mass is 497 g/mol. The van der Waals surface area contributed by atoms with Gasteiger partial charge in [0.2, 0.25) is 10.0 Å². The molecule has 2 aliphatic heterocycles. The summed E-state index contributed by atoms with van der Waals surface area (Å²) in [6.07, 6.45) is 2.18. The molecule has 0 aliphatic carbocycles. The fourth-order valence-electron chi connectivity index (χ4n) is 3.96. The van der Waals surface area contributed by atoms with Crippen molar-refractivity contribution in [3.05, 3.63) is 58.1 Å². The molecule has 32 heavy (non-hydrogen) atoms. The van der Waals surface area contributed by atoms with E-state index >= 15 is 0 Å². The maximum absolute atomic E-state index is 13.4. The highest BCUT2D eigenvalue weighted by Crippen LogP contribution is 2.30. The summed E-state index contributed by atoms with van der Waals surface area (Å²) in [6, 6.07) is 11.1. The summed E-state index contributed by atoms with van der Waals surface area (Å²) in [5, 5.41) is 6.82. The predicted molar refractivity (Wildman–Crippen MR) is 124 cm³/mol. The van der Waals surface area contributed by atoms with Gasteiger partial charge in [-0.3, -0.25) is 4.79 Å². The van der Waals surface area contributed by atoms with Gasteiger partial charge in [-0.15, -0.1) is 0 Å². The average Bonchev–Trinajstić information content (AvgIpc) is 3.26. The van der Waals surface area contributed by atoms with E-state index in [9.17, 15) is 13.2 Å². The molecule has 2 aromatic carbocycles. The third kappa shape index (κ3) is 5.21. The van der Waals surface area contributed by atoms with Crippen molar-refractivity contribution in [1.82, 2.24) is 14.9 Å². The van der Waals surface area contributed by atoms with Crippen molar-refractivity contribution >= 4 is 39.1 Å². The first-order valence-electron chi connectivity index (χ1n) is 10.6. The van der Waals surface area contributed by atoms with E-state index < -0.39 is 10.0 Å². The van der Waals surface area contributed by atoms with Gasteiger partial charge in [0.05, 0.1) is 10.0 Å². The van der Waals surface area contributed by atoms with E-state index in [-0.39, 0.29) is 29.5 Å². The maximum atomic E-state index is 13.4. The topological polar surface area (TPSA) is 87.7 Å². The smallest absolute Gasteiger partial charge is 0.251 e. The fourth-order valence-corrected chi connectivity index (χ4v) is 5.88. The van der Waals surface area contributed by atoms with Gasteiger partial charge < -0.3 is 15.4 Å². The number of carbonyl (C=O) groups excluding carboxylic acids is 1. The van der Waals surface area contributed by atoms with Gasteiger partial charge in [0.15, 0.2) is 0 Å². The van der Waals surface area contributed by atoms with Crippen molar-refractivity contribution in [2.24, 2.45) is 0 Å². The molecule has 0 bridgehead atoms. The van der Waals surface area contributed by atoms with Crippen molar-refractivity contribution in [1.29, 1.82) is 0 Å². The molecule has 2 N–H and O–H groups in total. The summed E-state index contributed by atoms with van der Waals surface area (Å²) in [4.78, 5) is 12.7. The van der Waals surface area contributed by atoms with Crippen LogP contribution in [0.1, 0.15) is 29.6 Å². The Morgan fingerprint density at radius 2 is 1.81 bits per heavy atom. The van der Waals surface area contributed by atoms with Crippen molar-refractivity contribution in [2.45, 2.75) is 36.3 Å². The zero-order valence-corrected chi connectivity index (χ0v) is 19.7. The summed E-state index contributed by atoms with van der Waals surface area (Å²) in [5.41, 5.74) is 0.376. The van der Waals surface area contributed by atoms with Gasteiger partial charge in [-0.25, -0.2) is 8.42 Å². The van der Waals surface area contributed by atoms with E-state index in [2.05, 4.69) is 10.6 Å². The van der Waals surface area contributed by atoms with E-state index in [1.165, 1.54) is 10.4 Å². The second-order valence-corrected chi connectivity index (χ2v) is 10.7. The number of hydrogen-bond donors (Lipinski definition) is 2. The van der Waals surface area contributed by atoms with Crippen molar-refractivity contribution in [2.75, 3.05) is 26.2 Å². The van der Waals surface area contributed by atoms with Crippen LogP contribution in [-0.4, -0.2) is 57.0 Å². The molecule has 7 nitrogen and oxygen atoms in total. The van der Waals surface area contributed by atoms with E-state index in [1.54, 1.807) is 36.4 Å². The molecule has 4 rings (SSSR count). The minimum absolute atomic E-state index is 0.00980. The van der Waals surface area contributed by atoms with Crippen LogP contribution in [0, 0.1) is 0 Å². The summed E-state index contributed by atoms with van der Waals surface area (Å²) >= 11 is 11.9. The summed E-state index contributed by atoms with van der Waals surface area (Å²) in [7, 11) is -3.76. The van der Waals surface area contributed by atoms with Crippen molar-refractivity contribution in [3.8, 4) is 5.75 Å². The number of hydrogen-bond acceptors (Lipinski definition) is 5. The number of nitrogens with zero attached hydrogens (tertiary/aromatic N) is 1. The maximum Gasteiger partial charge on any atom is 0.251 e. The lowest BCUT2D eigenvalue weighted by molar-refractivity contribution is 0.0939. The van der Waals surface area contributed by atoms with E-state index in [1.807, 2.05) is 0 Å². The zero-order valence-electron chi connectivity index (χ0n) is 17.4. The highest BCUT2D eigenvalue weighted by Gasteiger charge is 2.35. The second kappa shape index (κ2) is 9.97. The van der Waals surface area contributed by atoms with Crippen LogP contribution in [0.4, 0.5) is 0 Å². The molecule has 10 heteroatoms. The highest BCUT2D eigenvalue weighted by atomic mass is 35.5. The van der Waals surface area contributed by atoms with Crippen molar-refractivity contribution < 1.29 is 17.9 Å². The molecule has 2 aliphatic rings. The number of piperidine rings is 1. The van der Waals surface area contributed by atoms with E-state index in [0.717, 1.165) is 25.9 Å². The molecule has 2 aromatic rings. The molecule has 1 amide bonds. The Balaban J connectivity index is 1.44. The quantitative estimate of drug-likeness (QED) is 0.638. The lowest BCUT2D eigenvalue weighted by Crippen LogP contribution is -2.38. The van der Waals surface area contributed by atoms with Crippen LogP contribution < -0.4 is 15.4 Å². The standard InChI is InChI=1S/C22H25Cl2N3O4S/c23-18-6-5-15(13-19(18)24)22(28)26-16-9-12-27(14-16)32(29,30)21-4-2-1-3-20(21)31-17-7-10-25-11-8-17/h1-6,13,16-17,25H,7-12,14H2,(H,26,28). The van der Waals surface area contributed by atoms with Gasteiger partial charge >= 0.3 is 0 Å². The molecule has 1 unspecified atom stereocenters. The normalized spacial score (nSPS) is 20.2. The summed E-state index contributed by atoms with van der Waals surface area (Å²) < 4.78 is 34.2. The van der Waals surface area contributed by atoms with Crippen LogP contribution in [-0.2, 0) is 10.0 Å². The first-order chi connectivity index (χ1) is 15.3. The number of rotatable bonds is 6. The van der Waals surface area contributed by atoms with Gasteiger partial charge in [0.25, 0.3) is 5.91 Å². The SMILES string of the molecule is O=C(NC1CCN(S(=O)(=O)c2ccccc2OC2CCNCC2)C1)c1ccc(Cl)c(Cl)c1. The lowest BCUT2D eigenvalue weighted by atomic mass is 10.1. The predicted octanol–water partition coefficient (Wildman–Crippen LogP) is 3.32. The summed E-state index contributed by atoms with van der Waals surface area (Å²) in [6.45, 7) is 2.21. The first-order valence-corrected chi connectivity index (χ1v) is 12.8. The molecule has 1 atom stereocenters. The number of nitrogens with one attached hydrogen (secondary N) is 2. The number of amides is 1. The number of benzene rings is 2. The molecule has 172 valence electrons. The molecule has 2 heterocycles. The number of halogens is 2. The Bertz CT molecular complexity index is 1090. The van der Waals surface area contributed by atoms with Crippen LogP contribution in [0.3, 0.4) is 0 Å². The van der Waals surface area contributed by atoms with E-state index in [0.29, 0.717) is 34.3 Å². The van der Waals surface area contributed by atoms with E-state index in [4.69, 9.17) is 27.9 Å². The largest absolute Gasteiger partial charge is 0.489 e. The van der Waals surface area contributed by atoms with Crippen LogP contribution in [0.5, 0.6) is 5.75 Å². The minimum atomic E-state index is -3.76. The fraction of sp³-hybridized carbons (Fsp3) is 0.409. The molecule has 2 saturated heterocycles. The van der Waals surface area contributed by atoms with Crippen LogP contribution >= 0.6 is 23.2 Å². The minimum Gasteiger partial charge on any atom is -0.489 e. The first kappa shape index (κ1) is 23.3. The number of para-hydroxylation sites is 1. The molecular formula is C22H25Cl2N3O4S. The molecule has 0 aromatic heterocycles. The molecule has 2 fully saturated rings. The van der Waals surface area contributed by atoms with Gasteiger partial charge in [0, 0.05) is 24.7 Å². The van der Waals surface area contributed by atoms with Gasteiger partial charge in [-0.2, -0.15) is 4.31 Å². The Morgan fingerprint density at radius 1 is 1.06 bits per heavy atom. The van der Waals surface area contributed by atoms with Crippen LogP contribution in [0.2, 0.25) is 10.0 Å². The third-order valence-corrected chi connectivity index (χ3v) is 8.36. The van der Waals surface area contributed by atoms with Gasteiger partial charge in [0.1, 0.15) is 16.7 Å². The Hall–Kier alpha value is -1.84. The lowest BCUT2D eigenvalue weighted by Gasteiger charge is -2.26. The van der Waals surface area contributed by atoms with Gasteiger partial charge in [-0.1, -0.05) is 35.3 Å². The molecular weight excluding hydrogens is 473 g/mol. The second-order valence-electron chi connectivity index (χ2n) is 7.96. The Morgan fingerprint density at radius 3 is 2.56 bits per heavy atom. The van der Waals surface area contributed by atoms with Crippen molar-refractivity contribution in [3.63, 3.8) is 0 Å². The summed E-state index contributed by atoms with van der Waals surface area (Å²) in [5.74, 6) is 0.0603. The molecule has 0 spiro atoms. The molecule has 0 radical (unpaired) electrons.